The number of fused-ring (bicyclic) bond motifs is 1. The highest BCUT2D eigenvalue weighted by molar-refractivity contribution is 6.05. The van der Waals surface area contributed by atoms with Crippen molar-refractivity contribution in [1.29, 1.82) is 0 Å². The number of ether oxygens (including phenoxy) is 3. The maximum atomic E-state index is 14.2. The van der Waals surface area contributed by atoms with Gasteiger partial charge in [-0.2, -0.15) is 0 Å². The Kier molecular flexibility index (Phi) is 9.62. The van der Waals surface area contributed by atoms with Crippen LogP contribution in [0.3, 0.4) is 0 Å². The normalized spacial score (nSPS) is 14.0. The molecule has 0 saturated carbocycles. The summed E-state index contributed by atoms with van der Waals surface area (Å²) in [7, 11) is 2.81. The summed E-state index contributed by atoms with van der Waals surface area (Å²) in [5, 5.41) is 3.43. The number of nitrogens with zero attached hydrogens (tertiary/aromatic N) is 3. The quantitative estimate of drug-likeness (QED) is 0.395. The van der Waals surface area contributed by atoms with Gasteiger partial charge in [0.15, 0.2) is 0 Å². The molecule has 1 saturated heterocycles. The van der Waals surface area contributed by atoms with Gasteiger partial charge in [-0.15, -0.1) is 0 Å². The monoisotopic (exact) mass is 580 g/mol. The van der Waals surface area contributed by atoms with Gasteiger partial charge in [-0.05, 0) is 51.1 Å². The van der Waals surface area contributed by atoms with Gasteiger partial charge in [-0.1, -0.05) is 12.1 Å². The van der Waals surface area contributed by atoms with E-state index in [2.05, 4.69) is 10.2 Å². The smallest absolute Gasteiger partial charge is 0.410 e. The summed E-state index contributed by atoms with van der Waals surface area (Å²) in [6, 6.07) is 10.8. The van der Waals surface area contributed by atoms with Crippen molar-refractivity contribution in [2.24, 2.45) is 0 Å². The highest BCUT2D eigenvalue weighted by atomic mass is 19.1. The van der Waals surface area contributed by atoms with E-state index < -0.39 is 23.3 Å². The Morgan fingerprint density at radius 3 is 2.33 bits per heavy atom. The molecule has 1 aromatic heterocycles. The Bertz CT molecular complexity index is 1460. The van der Waals surface area contributed by atoms with Gasteiger partial charge in [0, 0.05) is 56.6 Å². The maximum Gasteiger partial charge on any atom is 0.410 e. The predicted molar refractivity (Wildman–Crippen MR) is 155 cm³/mol. The van der Waals surface area contributed by atoms with Crippen molar-refractivity contribution >= 4 is 28.9 Å². The van der Waals surface area contributed by atoms with Crippen molar-refractivity contribution in [3.05, 3.63) is 70.7 Å². The van der Waals surface area contributed by atoms with Gasteiger partial charge < -0.3 is 24.4 Å². The second-order valence-electron chi connectivity index (χ2n) is 11.0. The number of carbonyl (C=O) groups excluding carboxylic acids is 3. The SMILES string of the molecule is COC(=O)c1ccccc1C(=O)NCCc1nc2ccc(F)cc2c(OC)c1CN1CCN(C(=O)OC(C)(C)C)CC1. The van der Waals surface area contributed by atoms with Crippen molar-refractivity contribution in [3.8, 4) is 5.75 Å². The standard InChI is InChI=1S/C31H37FN4O6/c1-31(2,3)42-30(39)36-16-14-35(15-17-36)19-24-26(34-25-11-10-20(32)18-23(25)27(24)40-4)12-13-33-28(37)21-8-6-7-9-22(21)29(38)41-5/h6-11,18H,12-17,19H2,1-5H3,(H,33,37). The third-order valence-corrected chi connectivity index (χ3v) is 6.92. The molecular formula is C31H37FN4O6. The minimum absolute atomic E-state index is 0.177. The number of nitrogens with one attached hydrogen (secondary N) is 1. The van der Waals surface area contributed by atoms with Crippen LogP contribution >= 0.6 is 0 Å². The lowest BCUT2D eigenvalue weighted by atomic mass is 10.0. The number of pyridine rings is 1. The molecule has 1 N–H and O–H groups in total. The van der Waals surface area contributed by atoms with Crippen LogP contribution in [0.15, 0.2) is 42.5 Å². The summed E-state index contributed by atoms with van der Waals surface area (Å²) in [4.78, 5) is 46.3. The van der Waals surface area contributed by atoms with Crippen LogP contribution in [0.25, 0.3) is 10.9 Å². The topological polar surface area (TPSA) is 110 Å². The maximum absolute atomic E-state index is 14.2. The lowest BCUT2D eigenvalue weighted by molar-refractivity contribution is 0.0138. The van der Waals surface area contributed by atoms with Gasteiger partial charge in [-0.25, -0.2) is 14.0 Å². The largest absolute Gasteiger partial charge is 0.496 e. The van der Waals surface area contributed by atoms with Crippen molar-refractivity contribution in [2.75, 3.05) is 46.9 Å². The van der Waals surface area contributed by atoms with Crippen molar-refractivity contribution in [2.45, 2.75) is 39.3 Å². The minimum atomic E-state index is -0.594. The molecule has 2 amide bonds. The molecular weight excluding hydrogens is 543 g/mol. The number of hydrogen-bond acceptors (Lipinski definition) is 8. The first-order chi connectivity index (χ1) is 20.0. The summed E-state index contributed by atoms with van der Waals surface area (Å²) in [6.07, 6.45) is 0.0241. The van der Waals surface area contributed by atoms with E-state index in [1.807, 2.05) is 20.8 Å². The Morgan fingerprint density at radius 1 is 1.00 bits per heavy atom. The van der Waals surface area contributed by atoms with Crippen LogP contribution in [0.2, 0.25) is 0 Å². The molecule has 0 atom stereocenters. The van der Waals surface area contributed by atoms with Crippen molar-refractivity contribution < 1.29 is 33.0 Å². The molecule has 0 aliphatic carbocycles. The Hall–Kier alpha value is -4.25. The zero-order chi connectivity index (χ0) is 30.4. The molecule has 11 heteroatoms. The first-order valence-electron chi connectivity index (χ1n) is 13.8. The lowest BCUT2D eigenvalue weighted by Crippen LogP contribution is -2.49. The number of halogens is 1. The predicted octanol–water partition coefficient (Wildman–Crippen LogP) is 4.19. The molecule has 0 spiro atoms. The molecule has 224 valence electrons. The van der Waals surface area contributed by atoms with Gasteiger partial charge in [0.2, 0.25) is 0 Å². The van der Waals surface area contributed by atoms with Crippen LogP contribution in [0.1, 0.15) is 52.7 Å². The minimum Gasteiger partial charge on any atom is -0.496 e. The number of amides is 2. The molecule has 2 heterocycles. The highest BCUT2D eigenvalue weighted by Gasteiger charge is 2.27. The van der Waals surface area contributed by atoms with E-state index in [1.54, 1.807) is 36.3 Å². The number of aromatic nitrogens is 1. The van der Waals surface area contributed by atoms with Crippen LogP contribution in [-0.4, -0.2) is 85.3 Å². The Morgan fingerprint density at radius 2 is 1.69 bits per heavy atom. The first kappa shape index (κ1) is 30.7. The summed E-state index contributed by atoms with van der Waals surface area (Å²) in [5.41, 5.74) is 1.87. The first-order valence-corrected chi connectivity index (χ1v) is 13.8. The molecule has 42 heavy (non-hydrogen) atoms. The molecule has 1 fully saturated rings. The van der Waals surface area contributed by atoms with Gasteiger partial charge in [0.1, 0.15) is 17.2 Å². The molecule has 0 radical (unpaired) electrons. The lowest BCUT2D eigenvalue weighted by Gasteiger charge is -2.36. The fraction of sp³-hybridized carbons (Fsp3) is 0.419. The number of methoxy groups -OCH3 is 2. The molecule has 2 aromatic carbocycles. The van der Waals surface area contributed by atoms with E-state index in [1.165, 1.54) is 25.3 Å². The second kappa shape index (κ2) is 13.2. The van der Waals surface area contributed by atoms with Gasteiger partial charge in [-0.3, -0.25) is 14.7 Å². The van der Waals surface area contributed by atoms with Crippen molar-refractivity contribution in [3.63, 3.8) is 0 Å². The van der Waals surface area contributed by atoms with Gasteiger partial charge in [0.25, 0.3) is 5.91 Å². The second-order valence-corrected chi connectivity index (χ2v) is 11.0. The number of benzene rings is 2. The van der Waals surface area contributed by atoms with E-state index in [0.29, 0.717) is 61.5 Å². The number of hydrogen-bond donors (Lipinski definition) is 1. The molecule has 1 aliphatic heterocycles. The summed E-state index contributed by atoms with van der Waals surface area (Å²) in [5.74, 6) is -0.885. The molecule has 4 rings (SSSR count). The molecule has 1 aliphatic rings. The number of piperazine rings is 1. The van der Waals surface area contributed by atoms with Crippen LogP contribution < -0.4 is 10.1 Å². The van der Waals surface area contributed by atoms with Crippen LogP contribution in [0.5, 0.6) is 5.75 Å². The van der Waals surface area contributed by atoms with E-state index >= 15 is 0 Å². The zero-order valence-corrected chi connectivity index (χ0v) is 24.7. The fourth-order valence-corrected chi connectivity index (χ4v) is 4.89. The fourth-order valence-electron chi connectivity index (χ4n) is 4.89. The van der Waals surface area contributed by atoms with E-state index in [9.17, 15) is 18.8 Å². The third-order valence-electron chi connectivity index (χ3n) is 6.92. The Labute approximate surface area is 244 Å². The molecule has 0 unspecified atom stereocenters. The van der Waals surface area contributed by atoms with Gasteiger partial charge in [0.05, 0.1) is 36.6 Å². The molecule has 10 nitrogen and oxygen atoms in total. The van der Waals surface area contributed by atoms with E-state index in [0.717, 1.165) is 5.56 Å². The number of rotatable bonds is 8. The number of esters is 1. The van der Waals surface area contributed by atoms with Crippen LogP contribution in [-0.2, 0) is 22.4 Å². The highest BCUT2D eigenvalue weighted by Crippen LogP contribution is 2.33. The van der Waals surface area contributed by atoms with Crippen LogP contribution in [0, 0.1) is 5.82 Å². The average Bonchev–Trinajstić information content (AvgIpc) is 2.96. The molecule has 0 bridgehead atoms. The van der Waals surface area contributed by atoms with E-state index in [4.69, 9.17) is 19.2 Å². The average molecular weight is 581 g/mol. The number of carbonyl (C=O) groups is 3. The van der Waals surface area contributed by atoms with Gasteiger partial charge >= 0.3 is 12.1 Å². The van der Waals surface area contributed by atoms with Crippen LogP contribution in [0.4, 0.5) is 9.18 Å². The summed E-state index contributed by atoms with van der Waals surface area (Å²) in [6.45, 7) is 8.40. The summed E-state index contributed by atoms with van der Waals surface area (Å²) < 4.78 is 30.3. The third kappa shape index (κ3) is 7.33. The van der Waals surface area contributed by atoms with E-state index in [-0.39, 0.29) is 23.8 Å². The molecule has 3 aromatic rings. The van der Waals surface area contributed by atoms with Crippen molar-refractivity contribution in [1.82, 2.24) is 20.1 Å². The zero-order valence-electron chi connectivity index (χ0n) is 24.7. The summed E-state index contributed by atoms with van der Waals surface area (Å²) >= 11 is 0. The Balaban J connectivity index is 1.54.